The summed E-state index contributed by atoms with van der Waals surface area (Å²) in [5.74, 6) is -0.999. The number of benzene rings is 2. The molecule has 0 aliphatic carbocycles. The lowest BCUT2D eigenvalue weighted by atomic mass is 9.92. The lowest BCUT2D eigenvalue weighted by Crippen LogP contribution is -2.66. The highest BCUT2D eigenvalue weighted by molar-refractivity contribution is 6.11. The van der Waals surface area contributed by atoms with E-state index in [1.54, 1.807) is 43.4 Å². The zero-order valence-electron chi connectivity index (χ0n) is 24.0. The third kappa shape index (κ3) is 4.82. The number of hydrogen-bond acceptors (Lipinski definition) is 7. The number of nitrogens with zero attached hydrogens (tertiary/aromatic N) is 6. The summed E-state index contributed by atoms with van der Waals surface area (Å²) in [6.07, 6.45) is 0. The molecule has 43 heavy (non-hydrogen) atoms. The first-order valence-corrected chi connectivity index (χ1v) is 14.0. The number of hydrogen-bond donors (Lipinski definition) is 0. The van der Waals surface area contributed by atoms with E-state index in [4.69, 9.17) is 4.74 Å². The van der Waals surface area contributed by atoms with Gasteiger partial charge in [-0.1, -0.05) is 24.3 Å². The zero-order chi connectivity index (χ0) is 30.4. The molecule has 0 N–H and O–H groups in total. The van der Waals surface area contributed by atoms with Crippen LogP contribution in [0.1, 0.15) is 29.8 Å². The van der Waals surface area contributed by atoms with Crippen molar-refractivity contribution in [3.05, 3.63) is 99.5 Å². The Labute approximate surface area is 247 Å². The van der Waals surface area contributed by atoms with Gasteiger partial charge in [0.25, 0.3) is 11.5 Å². The molecule has 0 saturated carbocycles. The minimum atomic E-state index is -0.702. The molecule has 6 rings (SSSR count). The number of pyridine rings is 2. The maximum Gasteiger partial charge on any atom is 0.277 e. The molecule has 2 aromatic carbocycles. The van der Waals surface area contributed by atoms with Crippen molar-refractivity contribution in [2.75, 3.05) is 43.2 Å². The number of aromatic nitrogens is 2. The minimum absolute atomic E-state index is 0.153. The van der Waals surface area contributed by atoms with E-state index in [1.165, 1.54) is 40.8 Å². The number of halogens is 2. The second-order valence-corrected chi connectivity index (χ2v) is 10.9. The van der Waals surface area contributed by atoms with Crippen LogP contribution >= 0.6 is 0 Å². The fraction of sp³-hybridized carbons (Fsp3) is 0.312. The van der Waals surface area contributed by atoms with Crippen LogP contribution in [0.4, 0.5) is 20.2 Å². The second kappa shape index (κ2) is 11.2. The average molecular weight is 585 g/mol. The van der Waals surface area contributed by atoms with Gasteiger partial charge in [-0.3, -0.25) is 14.5 Å². The predicted octanol–water partition coefficient (Wildman–Crippen LogP) is 3.75. The van der Waals surface area contributed by atoms with Gasteiger partial charge >= 0.3 is 0 Å². The van der Waals surface area contributed by atoms with Crippen LogP contribution in [0.3, 0.4) is 0 Å². The maximum absolute atomic E-state index is 14.3. The number of anilines is 2. The molecule has 2 aromatic heterocycles. The van der Waals surface area contributed by atoms with Gasteiger partial charge in [0.05, 0.1) is 23.9 Å². The third-order valence-corrected chi connectivity index (χ3v) is 8.42. The summed E-state index contributed by atoms with van der Waals surface area (Å²) in [6.45, 7) is 3.01. The largest absolute Gasteiger partial charge is 0.383 e. The molecule has 0 bridgehead atoms. The van der Waals surface area contributed by atoms with Gasteiger partial charge in [0, 0.05) is 39.8 Å². The topological polar surface area (TPSA) is 94.7 Å². The van der Waals surface area contributed by atoms with Crippen molar-refractivity contribution in [2.45, 2.75) is 25.0 Å². The molecule has 4 aromatic rings. The Hall–Kier alpha value is -4.66. The highest BCUT2D eigenvalue weighted by atomic mass is 19.1. The van der Waals surface area contributed by atoms with E-state index in [0.717, 1.165) is 11.1 Å². The van der Waals surface area contributed by atoms with Crippen molar-refractivity contribution in [1.29, 1.82) is 5.26 Å². The number of methoxy groups -OCH3 is 1. The van der Waals surface area contributed by atoms with Crippen LogP contribution in [-0.4, -0.2) is 65.8 Å². The van der Waals surface area contributed by atoms with Gasteiger partial charge < -0.3 is 19.1 Å². The van der Waals surface area contributed by atoms with Gasteiger partial charge in [-0.2, -0.15) is 5.26 Å². The molecule has 1 amide bonds. The summed E-state index contributed by atoms with van der Waals surface area (Å²) in [6, 6.07) is 16.5. The molecule has 2 atom stereocenters. The average Bonchev–Trinajstić information content (AvgIpc) is 3.01. The fourth-order valence-corrected chi connectivity index (χ4v) is 6.33. The maximum atomic E-state index is 14.3. The first-order chi connectivity index (χ1) is 20.7. The van der Waals surface area contributed by atoms with Crippen LogP contribution < -0.4 is 15.4 Å². The highest BCUT2D eigenvalue weighted by Crippen LogP contribution is 2.42. The monoisotopic (exact) mass is 584 g/mol. The minimum Gasteiger partial charge on any atom is -0.383 e. The third-order valence-electron chi connectivity index (χ3n) is 8.42. The summed E-state index contributed by atoms with van der Waals surface area (Å²) < 4.78 is 34.6. The number of fused-ring (bicyclic) bond motifs is 5. The quantitative estimate of drug-likeness (QED) is 0.341. The Morgan fingerprint density at radius 2 is 1.60 bits per heavy atom. The van der Waals surface area contributed by atoms with Crippen LogP contribution in [0.15, 0.2) is 65.5 Å². The SMILES string of the molecule is COCCN1C(=O)[C@H]2CN(C(c3ccc(F)cc3)c3ccc(F)cc3)[C@H](C)CN2c2c1c(=O)n(C)c1ccc(C#N)nc21. The zero-order valence-corrected chi connectivity index (χ0v) is 24.0. The van der Waals surface area contributed by atoms with Crippen molar-refractivity contribution < 1.29 is 18.3 Å². The first kappa shape index (κ1) is 28.5. The van der Waals surface area contributed by atoms with Gasteiger partial charge in [-0.15, -0.1) is 0 Å². The lowest BCUT2D eigenvalue weighted by Gasteiger charge is -2.52. The Kier molecular flexibility index (Phi) is 7.42. The normalized spacial score (nSPS) is 18.6. The number of rotatable bonds is 6. The number of nitriles is 1. The Morgan fingerprint density at radius 1 is 0.977 bits per heavy atom. The molecule has 2 aliphatic heterocycles. The molecule has 11 heteroatoms. The van der Waals surface area contributed by atoms with E-state index in [2.05, 4.69) is 16.0 Å². The summed E-state index contributed by atoms with van der Waals surface area (Å²) in [7, 11) is 3.15. The number of piperazine rings is 1. The van der Waals surface area contributed by atoms with Crippen molar-refractivity contribution in [1.82, 2.24) is 14.5 Å². The van der Waals surface area contributed by atoms with E-state index < -0.39 is 12.1 Å². The molecule has 1 fully saturated rings. The smallest absolute Gasteiger partial charge is 0.277 e. The second-order valence-electron chi connectivity index (χ2n) is 10.9. The van der Waals surface area contributed by atoms with Gasteiger partial charge in [-0.25, -0.2) is 13.8 Å². The van der Waals surface area contributed by atoms with Crippen LogP contribution in [0, 0.1) is 23.0 Å². The Morgan fingerprint density at radius 3 is 2.19 bits per heavy atom. The number of ether oxygens (including phenoxy) is 1. The standard InChI is InChI=1S/C32H30F2N6O3/c1-19-17-40-26(18-39(19)28(20-4-8-22(33)9-5-20)21-6-10-23(34)11-7-21)31(41)38(14-15-43-3)30-29(40)27-25(37(2)32(30)42)13-12-24(16-35)36-27/h4-13,19,26,28H,14-15,17-18H2,1-3H3/t19-,26-/m1/s1. The molecule has 9 nitrogen and oxygen atoms in total. The van der Waals surface area contributed by atoms with Crippen LogP contribution in [-0.2, 0) is 16.6 Å². The summed E-state index contributed by atoms with van der Waals surface area (Å²) in [5, 5.41) is 9.63. The van der Waals surface area contributed by atoms with Crippen LogP contribution in [0.5, 0.6) is 0 Å². The van der Waals surface area contributed by atoms with Gasteiger partial charge in [0.15, 0.2) is 0 Å². The summed E-state index contributed by atoms with van der Waals surface area (Å²) in [4.78, 5) is 38.2. The molecule has 0 spiro atoms. The predicted molar refractivity (Wildman–Crippen MR) is 158 cm³/mol. The van der Waals surface area contributed by atoms with E-state index in [1.807, 2.05) is 11.8 Å². The number of carbonyl (C=O) groups excluding carboxylic acids is 1. The molecular formula is C32H30F2N6O3. The van der Waals surface area contributed by atoms with E-state index in [9.17, 15) is 23.6 Å². The Balaban J connectivity index is 1.52. The first-order valence-electron chi connectivity index (χ1n) is 14.0. The van der Waals surface area contributed by atoms with Crippen LogP contribution in [0.25, 0.3) is 11.0 Å². The fourth-order valence-electron chi connectivity index (χ4n) is 6.33. The number of carbonyl (C=O) groups is 1. The van der Waals surface area contributed by atoms with Crippen molar-refractivity contribution in [2.24, 2.45) is 7.05 Å². The van der Waals surface area contributed by atoms with E-state index in [0.29, 0.717) is 23.3 Å². The molecule has 2 aliphatic rings. The van der Waals surface area contributed by atoms with Crippen LogP contribution in [0.2, 0.25) is 0 Å². The van der Waals surface area contributed by atoms with E-state index in [-0.39, 0.29) is 60.2 Å². The van der Waals surface area contributed by atoms with Crippen molar-refractivity contribution >= 4 is 28.3 Å². The molecule has 220 valence electrons. The molecular weight excluding hydrogens is 554 g/mol. The van der Waals surface area contributed by atoms with Gasteiger partial charge in [-0.05, 0) is 54.4 Å². The van der Waals surface area contributed by atoms with Crippen molar-refractivity contribution in [3.63, 3.8) is 0 Å². The Bertz CT molecular complexity index is 1760. The number of aryl methyl sites for hydroxylation is 1. The molecule has 0 radical (unpaired) electrons. The molecule has 1 saturated heterocycles. The van der Waals surface area contributed by atoms with Gasteiger partial charge in [0.2, 0.25) is 0 Å². The highest BCUT2D eigenvalue weighted by Gasteiger charge is 2.47. The lowest BCUT2D eigenvalue weighted by molar-refractivity contribution is -0.121. The van der Waals surface area contributed by atoms with Crippen molar-refractivity contribution in [3.8, 4) is 6.07 Å². The number of amides is 1. The molecule has 4 heterocycles. The van der Waals surface area contributed by atoms with Gasteiger partial charge in [0.1, 0.15) is 40.6 Å². The van der Waals surface area contributed by atoms with E-state index >= 15 is 0 Å². The summed E-state index contributed by atoms with van der Waals surface area (Å²) >= 11 is 0. The molecule has 0 unspecified atom stereocenters. The summed E-state index contributed by atoms with van der Waals surface area (Å²) in [5.41, 5.74) is 3.19.